The number of hydrogen-bond donors (Lipinski definition) is 2. The van der Waals surface area contributed by atoms with Gasteiger partial charge in [-0.15, -0.1) is 11.8 Å². The Bertz CT molecular complexity index is 1070. The van der Waals surface area contributed by atoms with Crippen LogP contribution in [0, 0.1) is 0 Å². The molecule has 1 aliphatic rings. The lowest BCUT2D eigenvalue weighted by Crippen LogP contribution is -2.44. The number of benzene rings is 2. The van der Waals surface area contributed by atoms with Crippen molar-refractivity contribution in [2.24, 2.45) is 0 Å². The Hall–Kier alpha value is -3.13. The van der Waals surface area contributed by atoms with E-state index >= 15 is 0 Å². The maximum atomic E-state index is 12.5. The van der Waals surface area contributed by atoms with Gasteiger partial charge >= 0.3 is 0 Å². The Morgan fingerprint density at radius 2 is 1.97 bits per heavy atom. The first-order chi connectivity index (χ1) is 15.5. The van der Waals surface area contributed by atoms with E-state index in [1.807, 2.05) is 36.6 Å². The topological polar surface area (TPSA) is 97.1 Å². The normalized spacial score (nSPS) is 17.8. The first kappa shape index (κ1) is 22.1. The molecule has 1 saturated heterocycles. The first-order valence-corrected chi connectivity index (χ1v) is 11.9. The number of amides is 2. The maximum Gasteiger partial charge on any atom is 0.246 e. The Morgan fingerprint density at radius 1 is 1.19 bits per heavy atom. The van der Waals surface area contributed by atoms with Gasteiger partial charge < -0.3 is 15.2 Å². The molecule has 2 amide bonds. The van der Waals surface area contributed by atoms with Gasteiger partial charge in [-0.3, -0.25) is 9.59 Å². The zero-order valence-corrected chi connectivity index (χ0v) is 18.8. The molecule has 0 saturated carbocycles. The summed E-state index contributed by atoms with van der Waals surface area (Å²) < 4.78 is 5.24. The molecule has 2 heterocycles. The predicted molar refractivity (Wildman–Crippen MR) is 123 cm³/mol. The van der Waals surface area contributed by atoms with Crippen molar-refractivity contribution in [2.45, 2.75) is 49.1 Å². The van der Waals surface area contributed by atoms with Crippen molar-refractivity contribution >= 4 is 23.6 Å². The number of carbonyl (C=O) groups excluding carboxylic acids is 2. The van der Waals surface area contributed by atoms with Crippen LogP contribution in [0.15, 0.2) is 64.0 Å². The standard InChI is InChI=1S/C24H26N4O3S/c1-32-19-9-7-17(8-10-19)15-24(14-12-21(30)27-24)13-11-20(29)25-16-22-26-23(28-31-22)18-5-3-2-4-6-18/h2-10H,11-16H2,1H3,(H,25,29)(H,27,30)/t24-/m1/s1. The minimum Gasteiger partial charge on any atom is -0.350 e. The molecule has 1 fully saturated rings. The summed E-state index contributed by atoms with van der Waals surface area (Å²) in [5.74, 6) is 0.790. The van der Waals surface area contributed by atoms with Crippen LogP contribution in [-0.4, -0.2) is 33.7 Å². The average molecular weight is 451 g/mol. The molecule has 32 heavy (non-hydrogen) atoms. The molecule has 4 rings (SSSR count). The largest absolute Gasteiger partial charge is 0.350 e. The van der Waals surface area contributed by atoms with E-state index in [0.717, 1.165) is 17.5 Å². The van der Waals surface area contributed by atoms with E-state index in [-0.39, 0.29) is 23.9 Å². The molecule has 0 radical (unpaired) electrons. The second-order valence-electron chi connectivity index (χ2n) is 8.01. The molecule has 0 spiro atoms. The number of carbonyl (C=O) groups is 2. The van der Waals surface area contributed by atoms with Gasteiger partial charge in [-0.25, -0.2) is 0 Å². The second kappa shape index (κ2) is 9.99. The quantitative estimate of drug-likeness (QED) is 0.482. The smallest absolute Gasteiger partial charge is 0.246 e. The van der Waals surface area contributed by atoms with Gasteiger partial charge in [0.05, 0.1) is 6.54 Å². The van der Waals surface area contributed by atoms with Crippen LogP contribution in [0.1, 0.15) is 37.1 Å². The predicted octanol–water partition coefficient (Wildman–Crippen LogP) is 3.75. The first-order valence-electron chi connectivity index (χ1n) is 10.6. The molecule has 2 aromatic carbocycles. The summed E-state index contributed by atoms with van der Waals surface area (Å²) in [5, 5.41) is 9.94. The van der Waals surface area contributed by atoms with Gasteiger partial charge in [0.25, 0.3) is 0 Å². The summed E-state index contributed by atoms with van der Waals surface area (Å²) in [5.41, 5.74) is 1.63. The SMILES string of the molecule is CSc1ccc(C[C@@]2(CCC(=O)NCc3nc(-c4ccccc4)no3)CCC(=O)N2)cc1. The van der Waals surface area contributed by atoms with Gasteiger partial charge in [0.15, 0.2) is 0 Å². The molecule has 1 aliphatic heterocycles. The number of rotatable bonds is 9. The highest BCUT2D eigenvalue weighted by Crippen LogP contribution is 2.30. The van der Waals surface area contributed by atoms with Crippen molar-refractivity contribution < 1.29 is 14.1 Å². The molecule has 0 unspecified atom stereocenters. The van der Waals surface area contributed by atoms with Crippen molar-refractivity contribution in [3.63, 3.8) is 0 Å². The molecule has 1 aromatic heterocycles. The monoisotopic (exact) mass is 450 g/mol. The maximum absolute atomic E-state index is 12.5. The highest BCUT2D eigenvalue weighted by atomic mass is 32.2. The minimum absolute atomic E-state index is 0.0467. The molecule has 166 valence electrons. The molecule has 8 heteroatoms. The van der Waals surface area contributed by atoms with E-state index in [1.54, 1.807) is 11.8 Å². The van der Waals surface area contributed by atoms with Gasteiger partial charge in [0.1, 0.15) is 0 Å². The van der Waals surface area contributed by atoms with Crippen LogP contribution in [0.4, 0.5) is 0 Å². The third-order valence-electron chi connectivity index (χ3n) is 5.70. The average Bonchev–Trinajstić information content (AvgIpc) is 3.44. The van der Waals surface area contributed by atoms with Crippen molar-refractivity contribution in [2.75, 3.05) is 6.26 Å². The van der Waals surface area contributed by atoms with Crippen LogP contribution in [-0.2, 0) is 22.6 Å². The highest BCUT2D eigenvalue weighted by Gasteiger charge is 2.37. The Balaban J connectivity index is 1.31. The van der Waals surface area contributed by atoms with Gasteiger partial charge in [0, 0.05) is 28.8 Å². The third kappa shape index (κ3) is 5.56. The summed E-state index contributed by atoms with van der Waals surface area (Å²) in [6, 6.07) is 17.9. The molecule has 1 atom stereocenters. The summed E-state index contributed by atoms with van der Waals surface area (Å²) >= 11 is 1.70. The van der Waals surface area contributed by atoms with E-state index in [1.165, 1.54) is 4.90 Å². The highest BCUT2D eigenvalue weighted by molar-refractivity contribution is 7.98. The van der Waals surface area contributed by atoms with Crippen molar-refractivity contribution in [1.29, 1.82) is 0 Å². The van der Waals surface area contributed by atoms with E-state index in [9.17, 15) is 9.59 Å². The Kier molecular flexibility index (Phi) is 6.90. The number of nitrogens with zero attached hydrogens (tertiary/aromatic N) is 2. The number of thioether (sulfide) groups is 1. The van der Waals surface area contributed by atoms with Crippen molar-refractivity contribution in [3.05, 3.63) is 66.1 Å². The lowest BCUT2D eigenvalue weighted by atomic mass is 9.85. The summed E-state index contributed by atoms with van der Waals surface area (Å²) in [7, 11) is 0. The fourth-order valence-corrected chi connectivity index (χ4v) is 4.37. The summed E-state index contributed by atoms with van der Waals surface area (Å²) in [6.45, 7) is 0.175. The van der Waals surface area contributed by atoms with Gasteiger partial charge in [-0.2, -0.15) is 4.98 Å². The van der Waals surface area contributed by atoms with E-state index in [4.69, 9.17) is 4.52 Å². The van der Waals surface area contributed by atoms with E-state index in [2.05, 4.69) is 45.0 Å². The Morgan fingerprint density at radius 3 is 2.66 bits per heavy atom. The molecule has 3 aromatic rings. The molecule has 0 aliphatic carbocycles. The third-order valence-corrected chi connectivity index (χ3v) is 6.45. The molecular formula is C24H26N4O3S. The number of hydrogen-bond acceptors (Lipinski definition) is 6. The van der Waals surface area contributed by atoms with Gasteiger partial charge in [-0.1, -0.05) is 47.6 Å². The molecular weight excluding hydrogens is 424 g/mol. The number of nitrogens with one attached hydrogen (secondary N) is 2. The van der Waals surface area contributed by atoms with Gasteiger partial charge in [-0.05, 0) is 43.2 Å². The molecule has 2 N–H and O–H groups in total. The Labute approximate surface area is 191 Å². The van der Waals surface area contributed by atoms with Gasteiger partial charge in [0.2, 0.25) is 23.5 Å². The second-order valence-corrected chi connectivity index (χ2v) is 8.89. The fourth-order valence-electron chi connectivity index (χ4n) is 3.96. The lowest BCUT2D eigenvalue weighted by Gasteiger charge is -2.29. The number of aromatic nitrogens is 2. The van der Waals surface area contributed by atoms with Crippen molar-refractivity contribution in [3.8, 4) is 11.4 Å². The van der Waals surface area contributed by atoms with Crippen LogP contribution in [0.3, 0.4) is 0 Å². The molecule has 0 bridgehead atoms. The fraction of sp³-hybridized carbons (Fsp3) is 0.333. The zero-order valence-electron chi connectivity index (χ0n) is 18.0. The molecule has 7 nitrogen and oxygen atoms in total. The van der Waals surface area contributed by atoms with Crippen LogP contribution in [0.5, 0.6) is 0 Å². The van der Waals surface area contributed by atoms with Crippen LogP contribution >= 0.6 is 11.8 Å². The summed E-state index contributed by atoms with van der Waals surface area (Å²) in [4.78, 5) is 30.0. The van der Waals surface area contributed by atoms with E-state index < -0.39 is 0 Å². The zero-order chi connectivity index (χ0) is 22.4. The summed E-state index contributed by atoms with van der Waals surface area (Å²) in [6.07, 6.45) is 4.87. The van der Waals surface area contributed by atoms with Crippen LogP contribution in [0.2, 0.25) is 0 Å². The van der Waals surface area contributed by atoms with Crippen molar-refractivity contribution in [1.82, 2.24) is 20.8 Å². The minimum atomic E-state index is -0.389. The van der Waals surface area contributed by atoms with Crippen LogP contribution in [0.25, 0.3) is 11.4 Å². The van der Waals surface area contributed by atoms with Crippen LogP contribution < -0.4 is 10.6 Å². The van der Waals surface area contributed by atoms with E-state index in [0.29, 0.717) is 37.4 Å². The lowest BCUT2D eigenvalue weighted by molar-refractivity contribution is -0.123.